The van der Waals surface area contributed by atoms with Gasteiger partial charge in [0.2, 0.25) is 15.9 Å². The van der Waals surface area contributed by atoms with E-state index >= 15 is 0 Å². The Bertz CT molecular complexity index is 967. The fourth-order valence-corrected chi connectivity index (χ4v) is 4.96. The molecule has 0 aliphatic carbocycles. The predicted octanol–water partition coefficient (Wildman–Crippen LogP) is 1.67. The number of nitrogens with one attached hydrogen (secondary N) is 2. The number of aromatic amines is 1. The first-order chi connectivity index (χ1) is 12.9. The lowest BCUT2D eigenvalue weighted by Gasteiger charge is -2.16. The minimum absolute atomic E-state index is 0.218. The monoisotopic (exact) mass is 408 g/mol. The van der Waals surface area contributed by atoms with Crippen LogP contribution in [0.1, 0.15) is 19.8 Å². The van der Waals surface area contributed by atoms with E-state index in [1.54, 1.807) is 19.1 Å². The Balaban J connectivity index is 1.63. The van der Waals surface area contributed by atoms with Crippen LogP contribution < -0.4 is 10.9 Å². The Kier molecular flexibility index (Phi) is 5.98. The summed E-state index contributed by atoms with van der Waals surface area (Å²) in [4.78, 5) is 30.4. The molecule has 1 aliphatic heterocycles. The first-order valence-corrected chi connectivity index (χ1v) is 10.8. The minimum atomic E-state index is -3.47. The van der Waals surface area contributed by atoms with Crippen molar-refractivity contribution in [1.29, 1.82) is 0 Å². The second-order valence-electron chi connectivity index (χ2n) is 6.12. The van der Waals surface area contributed by atoms with Crippen LogP contribution in [-0.2, 0) is 14.8 Å². The second kappa shape index (κ2) is 8.24. The third kappa shape index (κ3) is 4.76. The van der Waals surface area contributed by atoms with Gasteiger partial charge in [-0.1, -0.05) is 11.8 Å². The van der Waals surface area contributed by atoms with E-state index in [1.165, 1.54) is 28.7 Å². The number of sulfonamides is 1. The number of nitrogens with zero attached hydrogens (tertiary/aromatic N) is 2. The maximum atomic E-state index is 12.5. The Morgan fingerprint density at radius 1 is 1.22 bits per heavy atom. The van der Waals surface area contributed by atoms with Crippen molar-refractivity contribution in [1.82, 2.24) is 14.3 Å². The number of aromatic nitrogens is 2. The number of carbonyl (C=O) groups excluding carboxylic acids is 1. The summed E-state index contributed by atoms with van der Waals surface area (Å²) in [6.07, 6.45) is 3.14. The molecule has 2 aromatic rings. The average Bonchev–Trinajstić information content (AvgIpc) is 3.17. The molecule has 1 aromatic carbocycles. The number of hydrogen-bond donors (Lipinski definition) is 2. The van der Waals surface area contributed by atoms with Crippen molar-refractivity contribution in [2.45, 2.75) is 35.1 Å². The smallest absolute Gasteiger partial charge is 0.251 e. The number of thioether (sulfide) groups is 1. The van der Waals surface area contributed by atoms with E-state index in [-0.39, 0.29) is 16.4 Å². The molecule has 0 radical (unpaired) electrons. The third-order valence-electron chi connectivity index (χ3n) is 4.13. The summed E-state index contributed by atoms with van der Waals surface area (Å²) in [6, 6.07) is 7.43. The molecule has 1 amide bonds. The van der Waals surface area contributed by atoms with E-state index < -0.39 is 15.3 Å². The molecule has 0 spiro atoms. The van der Waals surface area contributed by atoms with Crippen molar-refractivity contribution < 1.29 is 13.2 Å². The van der Waals surface area contributed by atoms with Crippen LogP contribution in [-0.4, -0.2) is 46.9 Å². The summed E-state index contributed by atoms with van der Waals surface area (Å²) in [6.45, 7) is 2.79. The number of amides is 1. The molecule has 1 aromatic heterocycles. The average molecular weight is 409 g/mol. The highest BCUT2D eigenvalue weighted by atomic mass is 32.2. The van der Waals surface area contributed by atoms with E-state index in [1.807, 2.05) is 0 Å². The van der Waals surface area contributed by atoms with Crippen molar-refractivity contribution in [3.05, 3.63) is 46.9 Å². The topological polar surface area (TPSA) is 112 Å². The second-order valence-corrected chi connectivity index (χ2v) is 9.39. The summed E-state index contributed by atoms with van der Waals surface area (Å²) in [7, 11) is -3.47. The Labute approximate surface area is 161 Å². The molecule has 1 aliphatic rings. The van der Waals surface area contributed by atoms with Gasteiger partial charge < -0.3 is 10.3 Å². The van der Waals surface area contributed by atoms with E-state index in [9.17, 15) is 18.0 Å². The molecule has 1 fully saturated rings. The van der Waals surface area contributed by atoms with Crippen LogP contribution in [0, 0.1) is 0 Å². The van der Waals surface area contributed by atoms with E-state index in [0.29, 0.717) is 23.9 Å². The van der Waals surface area contributed by atoms with E-state index in [4.69, 9.17) is 0 Å². The standard InChI is InChI=1S/C17H20N4O4S2/c1-12(26-17-18-9-8-15(22)20-17)16(23)19-13-4-6-14(7-5-13)27(24,25)21-10-2-3-11-21/h4-9,12H,2-3,10-11H2,1H3,(H,19,23)(H,18,20,22)/t12-/m0/s1. The van der Waals surface area contributed by atoms with Gasteiger partial charge in [0, 0.05) is 31.0 Å². The number of carbonyl (C=O) groups is 1. The minimum Gasteiger partial charge on any atom is -0.325 e. The predicted molar refractivity (Wildman–Crippen MR) is 103 cm³/mol. The van der Waals surface area contributed by atoms with Gasteiger partial charge in [-0.2, -0.15) is 4.31 Å². The SMILES string of the molecule is C[C@H](Sc1nccc(=O)[nH]1)C(=O)Nc1ccc(S(=O)(=O)N2CCCC2)cc1. The highest BCUT2D eigenvalue weighted by Gasteiger charge is 2.27. The largest absolute Gasteiger partial charge is 0.325 e. The van der Waals surface area contributed by atoms with Crippen LogP contribution in [0.3, 0.4) is 0 Å². The van der Waals surface area contributed by atoms with Crippen molar-refractivity contribution in [3.8, 4) is 0 Å². The molecule has 1 atom stereocenters. The summed E-state index contributed by atoms with van der Waals surface area (Å²) in [5.41, 5.74) is 0.220. The quantitative estimate of drug-likeness (QED) is 0.555. The summed E-state index contributed by atoms with van der Waals surface area (Å²) < 4.78 is 26.5. The van der Waals surface area contributed by atoms with Gasteiger partial charge in [0.05, 0.1) is 10.1 Å². The summed E-state index contributed by atoms with van der Waals surface area (Å²) >= 11 is 1.13. The van der Waals surface area contributed by atoms with Crippen LogP contribution in [0.2, 0.25) is 0 Å². The number of hydrogen-bond acceptors (Lipinski definition) is 6. The van der Waals surface area contributed by atoms with Gasteiger partial charge in [0.1, 0.15) is 0 Å². The number of rotatable bonds is 6. The molecule has 0 bridgehead atoms. The zero-order valence-electron chi connectivity index (χ0n) is 14.7. The van der Waals surface area contributed by atoms with Crippen molar-refractivity contribution in [2.75, 3.05) is 18.4 Å². The van der Waals surface area contributed by atoms with Crippen molar-refractivity contribution in [2.24, 2.45) is 0 Å². The van der Waals surface area contributed by atoms with Crippen LogP contribution in [0.5, 0.6) is 0 Å². The highest BCUT2D eigenvalue weighted by Crippen LogP contribution is 2.23. The molecule has 0 unspecified atom stereocenters. The summed E-state index contributed by atoms with van der Waals surface area (Å²) in [5, 5.41) is 2.60. The van der Waals surface area contributed by atoms with Crippen LogP contribution in [0.15, 0.2) is 51.4 Å². The molecule has 2 N–H and O–H groups in total. The van der Waals surface area contributed by atoms with Crippen molar-refractivity contribution in [3.63, 3.8) is 0 Å². The Morgan fingerprint density at radius 2 is 1.89 bits per heavy atom. The molecular weight excluding hydrogens is 388 g/mol. The van der Waals surface area contributed by atoms with Gasteiger partial charge in [-0.25, -0.2) is 13.4 Å². The molecule has 3 rings (SSSR count). The molecule has 144 valence electrons. The van der Waals surface area contributed by atoms with Crippen LogP contribution in [0.4, 0.5) is 5.69 Å². The summed E-state index contributed by atoms with van der Waals surface area (Å²) in [5.74, 6) is -0.276. The molecular formula is C17H20N4O4S2. The lowest BCUT2D eigenvalue weighted by molar-refractivity contribution is -0.115. The molecule has 1 saturated heterocycles. The Hall–Kier alpha value is -2.17. The van der Waals surface area contributed by atoms with Gasteiger partial charge >= 0.3 is 0 Å². The van der Waals surface area contributed by atoms with Crippen molar-refractivity contribution >= 4 is 33.4 Å². The zero-order chi connectivity index (χ0) is 19.4. The molecule has 2 heterocycles. The number of H-pyrrole nitrogens is 1. The Morgan fingerprint density at radius 3 is 2.52 bits per heavy atom. The van der Waals surface area contributed by atoms with Crippen LogP contribution in [0.25, 0.3) is 0 Å². The number of anilines is 1. The lowest BCUT2D eigenvalue weighted by atomic mass is 10.3. The molecule has 10 heteroatoms. The van der Waals surface area contributed by atoms with E-state index in [0.717, 1.165) is 24.6 Å². The maximum absolute atomic E-state index is 12.5. The first-order valence-electron chi connectivity index (χ1n) is 8.49. The van der Waals surface area contributed by atoms with Gasteiger partial charge in [0.25, 0.3) is 5.56 Å². The molecule has 0 saturated carbocycles. The third-order valence-corrected chi connectivity index (χ3v) is 7.04. The highest BCUT2D eigenvalue weighted by molar-refractivity contribution is 8.00. The van der Waals surface area contributed by atoms with Gasteiger partial charge in [-0.05, 0) is 44.0 Å². The maximum Gasteiger partial charge on any atom is 0.251 e. The fourth-order valence-electron chi connectivity index (χ4n) is 2.66. The lowest BCUT2D eigenvalue weighted by Crippen LogP contribution is -2.27. The van der Waals surface area contributed by atoms with E-state index in [2.05, 4.69) is 15.3 Å². The number of benzene rings is 1. The fraction of sp³-hybridized carbons (Fsp3) is 0.353. The van der Waals surface area contributed by atoms with Gasteiger partial charge in [0.15, 0.2) is 5.16 Å². The molecule has 8 nitrogen and oxygen atoms in total. The normalized spacial score (nSPS) is 16.2. The van der Waals surface area contributed by atoms with Gasteiger partial charge in [-0.3, -0.25) is 9.59 Å². The molecule has 27 heavy (non-hydrogen) atoms. The zero-order valence-corrected chi connectivity index (χ0v) is 16.3. The first kappa shape index (κ1) is 19.6. The van der Waals surface area contributed by atoms with Crippen LogP contribution >= 0.6 is 11.8 Å². The van der Waals surface area contributed by atoms with Gasteiger partial charge in [-0.15, -0.1) is 0 Å².